The molecule has 1 atom stereocenters. The molecule has 1 heterocycles. The third kappa shape index (κ3) is 5.92. The first kappa shape index (κ1) is 26.1. The lowest BCUT2D eigenvalue weighted by Gasteiger charge is -2.43. The summed E-state index contributed by atoms with van der Waals surface area (Å²) in [6, 6.07) is 23.6. The number of amides is 1. The number of hydrogen-bond acceptors (Lipinski definition) is 5. The van der Waals surface area contributed by atoms with Crippen LogP contribution in [0.2, 0.25) is 10.1 Å². The number of nitrogens with one attached hydrogen (secondary N) is 1. The summed E-state index contributed by atoms with van der Waals surface area (Å²) in [5.41, 5.74) is 0. The van der Waals surface area contributed by atoms with Crippen LogP contribution in [-0.2, 0) is 14.0 Å². The van der Waals surface area contributed by atoms with E-state index in [2.05, 4.69) is 55.3 Å². The quantitative estimate of drug-likeness (QED) is 0.265. The molecular formula is C26H31ClN2O4Si. The molecule has 3 aromatic rings. The largest absolute Gasteiger partial charge is 0.405 e. The van der Waals surface area contributed by atoms with E-state index in [9.17, 15) is 9.90 Å². The third-order valence-electron chi connectivity index (χ3n) is 5.59. The lowest BCUT2D eigenvalue weighted by Crippen LogP contribution is -2.66. The summed E-state index contributed by atoms with van der Waals surface area (Å²) < 4.78 is 12.3. The van der Waals surface area contributed by atoms with Gasteiger partial charge in [-0.05, 0) is 34.5 Å². The standard InChI is InChI=1S/C26H31ClN2O4Si/c1-25(2,3)34(21-11-7-5-8-12-21,22-13-9-6-10-14-22)33-18-17-32-26(4,31)24(30)29-23-16-15-20(27)19-28-23/h5-16,19,31H,17-18H2,1-4H3,(H,28,29,30). The first-order valence-corrected chi connectivity index (χ1v) is 13.4. The number of rotatable bonds is 9. The molecule has 2 N–H and O–H groups in total. The molecule has 0 saturated heterocycles. The van der Waals surface area contributed by atoms with E-state index in [4.69, 9.17) is 20.8 Å². The van der Waals surface area contributed by atoms with Crippen molar-refractivity contribution >= 4 is 42.0 Å². The SMILES string of the molecule is CC(O)(OCCO[Si](c1ccccc1)(c1ccccc1)C(C)(C)C)C(=O)Nc1ccc(Cl)cn1. The molecule has 0 saturated carbocycles. The molecule has 6 nitrogen and oxygen atoms in total. The lowest BCUT2D eigenvalue weighted by atomic mass is 10.2. The van der Waals surface area contributed by atoms with Crippen LogP contribution in [0.1, 0.15) is 27.7 Å². The molecule has 2 aromatic carbocycles. The van der Waals surface area contributed by atoms with Gasteiger partial charge in [0.15, 0.2) is 0 Å². The molecule has 1 amide bonds. The van der Waals surface area contributed by atoms with Gasteiger partial charge in [-0.2, -0.15) is 0 Å². The maximum atomic E-state index is 12.5. The zero-order chi connectivity index (χ0) is 24.8. The Morgan fingerprint density at radius 1 is 0.941 bits per heavy atom. The Labute approximate surface area is 207 Å². The zero-order valence-electron chi connectivity index (χ0n) is 19.9. The molecule has 8 heteroatoms. The van der Waals surface area contributed by atoms with Crippen LogP contribution in [0.5, 0.6) is 0 Å². The number of carbonyl (C=O) groups excluding carboxylic acids is 1. The topological polar surface area (TPSA) is 80.7 Å². The molecule has 0 aliphatic carbocycles. The second kappa shape index (κ2) is 10.8. The van der Waals surface area contributed by atoms with E-state index in [-0.39, 0.29) is 24.1 Å². The minimum atomic E-state index is -2.72. The highest BCUT2D eigenvalue weighted by molar-refractivity contribution is 6.99. The summed E-state index contributed by atoms with van der Waals surface area (Å²) in [7, 11) is -2.72. The second-order valence-corrected chi connectivity index (χ2v) is 13.9. The molecule has 0 aliphatic rings. The Kier molecular flexibility index (Phi) is 8.28. The van der Waals surface area contributed by atoms with E-state index in [1.807, 2.05) is 36.4 Å². The Bertz CT molecular complexity index is 1030. The van der Waals surface area contributed by atoms with Crippen molar-refractivity contribution in [2.24, 2.45) is 0 Å². The highest BCUT2D eigenvalue weighted by Crippen LogP contribution is 2.36. The predicted molar refractivity (Wildman–Crippen MR) is 138 cm³/mol. The summed E-state index contributed by atoms with van der Waals surface area (Å²) in [5, 5.41) is 15.7. The van der Waals surface area contributed by atoms with E-state index in [1.165, 1.54) is 13.1 Å². The summed E-state index contributed by atoms with van der Waals surface area (Å²) >= 11 is 5.82. The van der Waals surface area contributed by atoms with Crippen LogP contribution in [0.4, 0.5) is 5.82 Å². The molecule has 3 rings (SSSR count). The molecule has 0 bridgehead atoms. The monoisotopic (exact) mass is 498 g/mol. The minimum absolute atomic E-state index is 0.0267. The second-order valence-electron chi connectivity index (χ2n) is 9.16. The maximum Gasteiger partial charge on any atom is 0.285 e. The zero-order valence-corrected chi connectivity index (χ0v) is 21.7. The highest BCUT2D eigenvalue weighted by Gasteiger charge is 2.50. The van der Waals surface area contributed by atoms with Crippen molar-refractivity contribution in [2.45, 2.75) is 38.5 Å². The number of aliphatic hydroxyl groups is 1. The van der Waals surface area contributed by atoms with Gasteiger partial charge in [-0.25, -0.2) is 4.98 Å². The number of halogens is 1. The molecule has 180 valence electrons. The van der Waals surface area contributed by atoms with E-state index >= 15 is 0 Å². The number of hydrogen-bond donors (Lipinski definition) is 2. The summed E-state index contributed by atoms with van der Waals surface area (Å²) in [6.07, 6.45) is 1.41. The number of nitrogens with zero attached hydrogens (tertiary/aromatic N) is 1. The van der Waals surface area contributed by atoms with Gasteiger partial charge in [0.25, 0.3) is 14.2 Å². The van der Waals surface area contributed by atoms with Gasteiger partial charge >= 0.3 is 0 Å². The van der Waals surface area contributed by atoms with Crippen LogP contribution >= 0.6 is 11.6 Å². The van der Waals surface area contributed by atoms with Gasteiger partial charge in [-0.3, -0.25) is 4.79 Å². The number of aromatic nitrogens is 1. The van der Waals surface area contributed by atoms with Crippen molar-refractivity contribution in [2.75, 3.05) is 18.5 Å². The number of benzene rings is 2. The van der Waals surface area contributed by atoms with Crippen LogP contribution in [-0.4, -0.2) is 43.3 Å². The Morgan fingerprint density at radius 3 is 1.97 bits per heavy atom. The molecule has 1 aromatic heterocycles. The molecule has 0 fully saturated rings. The number of anilines is 1. The van der Waals surface area contributed by atoms with Gasteiger partial charge in [0, 0.05) is 6.20 Å². The fourth-order valence-corrected chi connectivity index (χ4v) is 8.60. The van der Waals surface area contributed by atoms with Crippen molar-refractivity contribution in [3.8, 4) is 0 Å². The van der Waals surface area contributed by atoms with Crippen LogP contribution in [0.15, 0.2) is 79.0 Å². The van der Waals surface area contributed by atoms with Crippen molar-refractivity contribution in [3.05, 3.63) is 84.0 Å². The van der Waals surface area contributed by atoms with E-state index in [0.717, 1.165) is 10.4 Å². The first-order chi connectivity index (χ1) is 16.1. The molecule has 1 unspecified atom stereocenters. The van der Waals surface area contributed by atoms with E-state index in [1.54, 1.807) is 12.1 Å². The average molecular weight is 499 g/mol. The van der Waals surface area contributed by atoms with Crippen LogP contribution in [0.3, 0.4) is 0 Å². The van der Waals surface area contributed by atoms with E-state index in [0.29, 0.717) is 5.02 Å². The van der Waals surface area contributed by atoms with Gasteiger partial charge in [0.1, 0.15) is 5.82 Å². The molecule has 0 radical (unpaired) electrons. The van der Waals surface area contributed by atoms with Crippen molar-refractivity contribution < 1.29 is 19.1 Å². The third-order valence-corrected chi connectivity index (χ3v) is 10.9. The number of ether oxygens (including phenoxy) is 1. The number of carbonyl (C=O) groups is 1. The summed E-state index contributed by atoms with van der Waals surface area (Å²) in [5.74, 6) is -2.52. The van der Waals surface area contributed by atoms with Crippen LogP contribution < -0.4 is 15.7 Å². The van der Waals surface area contributed by atoms with Gasteiger partial charge in [0.2, 0.25) is 5.79 Å². The normalized spacial score (nSPS) is 13.8. The van der Waals surface area contributed by atoms with Crippen molar-refractivity contribution in [3.63, 3.8) is 0 Å². The van der Waals surface area contributed by atoms with Gasteiger partial charge in [-0.15, -0.1) is 0 Å². The fraction of sp³-hybridized carbons (Fsp3) is 0.308. The predicted octanol–water partition coefficient (Wildman–Crippen LogP) is 3.98. The highest BCUT2D eigenvalue weighted by atomic mass is 35.5. The first-order valence-electron chi connectivity index (χ1n) is 11.1. The average Bonchev–Trinajstić information content (AvgIpc) is 2.81. The fourth-order valence-electron chi connectivity index (χ4n) is 3.94. The smallest absolute Gasteiger partial charge is 0.285 e. The number of pyridine rings is 1. The minimum Gasteiger partial charge on any atom is -0.405 e. The Morgan fingerprint density at radius 2 is 1.50 bits per heavy atom. The molecular weight excluding hydrogens is 468 g/mol. The van der Waals surface area contributed by atoms with Crippen molar-refractivity contribution in [1.29, 1.82) is 0 Å². The maximum absolute atomic E-state index is 12.5. The molecule has 0 aliphatic heterocycles. The Balaban J connectivity index is 1.74. The summed E-state index contributed by atoms with van der Waals surface area (Å²) in [4.78, 5) is 16.5. The molecule has 34 heavy (non-hydrogen) atoms. The van der Waals surface area contributed by atoms with Gasteiger partial charge in [0.05, 0.1) is 18.2 Å². The Hall–Kier alpha value is -2.55. The lowest BCUT2D eigenvalue weighted by molar-refractivity contribution is -0.196. The van der Waals surface area contributed by atoms with Gasteiger partial charge < -0.3 is 19.6 Å². The summed E-state index contributed by atoms with van der Waals surface area (Å²) in [6.45, 7) is 8.07. The van der Waals surface area contributed by atoms with Gasteiger partial charge in [-0.1, -0.05) is 93.0 Å². The van der Waals surface area contributed by atoms with Crippen LogP contribution in [0, 0.1) is 0 Å². The van der Waals surface area contributed by atoms with Crippen molar-refractivity contribution in [1.82, 2.24) is 4.98 Å². The van der Waals surface area contributed by atoms with Crippen LogP contribution in [0.25, 0.3) is 0 Å². The molecule has 0 spiro atoms. The van der Waals surface area contributed by atoms with E-state index < -0.39 is 20.0 Å².